The van der Waals surface area contributed by atoms with Gasteiger partial charge in [-0.05, 0) is 63.7 Å². The van der Waals surface area contributed by atoms with Gasteiger partial charge >= 0.3 is 0 Å². The van der Waals surface area contributed by atoms with E-state index in [4.69, 9.17) is 0 Å². The van der Waals surface area contributed by atoms with E-state index < -0.39 is 0 Å². The predicted octanol–water partition coefficient (Wildman–Crippen LogP) is 13.0. The first kappa shape index (κ1) is 26.8. The van der Waals surface area contributed by atoms with Gasteiger partial charge in [-0.1, -0.05) is 121 Å². The van der Waals surface area contributed by atoms with E-state index >= 15 is 0 Å². The Balaban J connectivity index is 1.36. The molecule has 0 unspecified atom stereocenters. The summed E-state index contributed by atoms with van der Waals surface area (Å²) in [5, 5.41) is 15.2. The average molecular weight is 620 g/mol. The lowest BCUT2D eigenvalue weighted by Crippen LogP contribution is -1.92. The van der Waals surface area contributed by atoms with Gasteiger partial charge in [0.25, 0.3) is 0 Å². The molecule has 0 aliphatic rings. The molecule has 0 aliphatic heterocycles. The van der Waals surface area contributed by atoms with Gasteiger partial charge in [-0.2, -0.15) is 5.26 Å². The van der Waals surface area contributed by atoms with Crippen LogP contribution >= 0.6 is 22.7 Å². The molecule has 9 aromatic rings. The minimum atomic E-state index is 0.675. The van der Waals surface area contributed by atoms with Crippen LogP contribution in [0.1, 0.15) is 5.56 Å². The standard InChI is InChI=1S/C43H25NS2/c44-26-28-11-1-2-12-29(28)31-13-3-4-14-32(31)38-25-27(30-17-10-22-41-42(30)37-16-6-8-21-40(37)45-41)23-24-33(38)35-18-9-19-36-34-15-5-7-20-39(34)46-43(35)36/h1-25H. The Morgan fingerprint density at radius 3 is 1.78 bits per heavy atom. The molecule has 7 aromatic carbocycles. The maximum Gasteiger partial charge on any atom is 0.0998 e. The number of fused-ring (bicyclic) bond motifs is 6. The zero-order valence-electron chi connectivity index (χ0n) is 24.7. The van der Waals surface area contributed by atoms with Crippen LogP contribution < -0.4 is 0 Å². The van der Waals surface area contributed by atoms with Crippen molar-refractivity contribution in [2.75, 3.05) is 0 Å². The summed E-state index contributed by atoms with van der Waals surface area (Å²) in [5.74, 6) is 0. The van der Waals surface area contributed by atoms with Crippen molar-refractivity contribution in [3.05, 3.63) is 157 Å². The maximum absolute atomic E-state index is 10.1. The van der Waals surface area contributed by atoms with E-state index in [1.807, 2.05) is 40.9 Å². The molecular formula is C43H25NS2. The van der Waals surface area contributed by atoms with Crippen LogP contribution in [0.3, 0.4) is 0 Å². The highest BCUT2D eigenvalue weighted by atomic mass is 32.1. The highest BCUT2D eigenvalue weighted by molar-refractivity contribution is 7.26. The Hall–Kier alpha value is -5.53. The zero-order chi connectivity index (χ0) is 30.6. The van der Waals surface area contributed by atoms with Gasteiger partial charge < -0.3 is 0 Å². The van der Waals surface area contributed by atoms with Crippen LogP contribution in [0, 0.1) is 11.3 Å². The number of nitriles is 1. The van der Waals surface area contributed by atoms with Crippen LogP contribution in [-0.4, -0.2) is 0 Å². The van der Waals surface area contributed by atoms with Gasteiger partial charge in [0.1, 0.15) is 0 Å². The summed E-state index contributed by atoms with van der Waals surface area (Å²) < 4.78 is 5.18. The topological polar surface area (TPSA) is 23.8 Å². The molecule has 2 aromatic heterocycles. The van der Waals surface area contributed by atoms with Crippen molar-refractivity contribution in [1.29, 1.82) is 5.26 Å². The minimum absolute atomic E-state index is 0.675. The van der Waals surface area contributed by atoms with Gasteiger partial charge in [0.15, 0.2) is 0 Å². The Morgan fingerprint density at radius 1 is 0.391 bits per heavy atom. The molecule has 0 saturated carbocycles. The van der Waals surface area contributed by atoms with E-state index in [9.17, 15) is 5.26 Å². The number of hydrogen-bond donors (Lipinski definition) is 0. The molecule has 0 radical (unpaired) electrons. The summed E-state index contributed by atoms with van der Waals surface area (Å²) >= 11 is 3.71. The van der Waals surface area contributed by atoms with Crippen molar-refractivity contribution in [1.82, 2.24) is 0 Å². The zero-order valence-corrected chi connectivity index (χ0v) is 26.3. The molecule has 9 rings (SSSR count). The molecule has 0 saturated heterocycles. The van der Waals surface area contributed by atoms with Crippen molar-refractivity contribution < 1.29 is 0 Å². The highest BCUT2D eigenvalue weighted by Crippen LogP contribution is 2.47. The minimum Gasteiger partial charge on any atom is -0.192 e. The molecule has 0 amide bonds. The average Bonchev–Trinajstić information content (AvgIpc) is 3.70. The summed E-state index contributed by atoms with van der Waals surface area (Å²) in [7, 11) is 0. The van der Waals surface area contributed by atoms with E-state index in [1.165, 1.54) is 62.6 Å². The first-order valence-corrected chi connectivity index (χ1v) is 17.0. The van der Waals surface area contributed by atoms with Crippen LogP contribution in [0.5, 0.6) is 0 Å². The summed E-state index contributed by atoms with van der Waals surface area (Å²) in [5.41, 5.74) is 9.77. The molecule has 0 aliphatic carbocycles. The quantitative estimate of drug-likeness (QED) is 0.192. The second-order valence-electron chi connectivity index (χ2n) is 11.5. The van der Waals surface area contributed by atoms with E-state index in [0.717, 1.165) is 22.3 Å². The molecule has 1 nitrogen and oxygen atoms in total. The van der Waals surface area contributed by atoms with E-state index in [-0.39, 0.29) is 0 Å². The van der Waals surface area contributed by atoms with Gasteiger partial charge in [0.2, 0.25) is 0 Å². The van der Waals surface area contributed by atoms with Crippen LogP contribution in [0.2, 0.25) is 0 Å². The predicted molar refractivity (Wildman–Crippen MR) is 199 cm³/mol. The fourth-order valence-electron chi connectivity index (χ4n) is 6.91. The smallest absolute Gasteiger partial charge is 0.0998 e. The van der Waals surface area contributed by atoms with E-state index in [0.29, 0.717) is 5.56 Å². The fourth-order valence-corrected chi connectivity index (χ4v) is 9.27. The third kappa shape index (κ3) is 4.19. The normalized spacial score (nSPS) is 11.5. The molecule has 2 heterocycles. The summed E-state index contributed by atoms with van der Waals surface area (Å²) in [6, 6.07) is 56.6. The van der Waals surface area contributed by atoms with Crippen molar-refractivity contribution in [2.24, 2.45) is 0 Å². The largest absolute Gasteiger partial charge is 0.192 e. The first-order valence-electron chi connectivity index (χ1n) is 15.3. The van der Waals surface area contributed by atoms with Gasteiger partial charge in [-0.3, -0.25) is 0 Å². The highest BCUT2D eigenvalue weighted by Gasteiger charge is 2.19. The monoisotopic (exact) mass is 619 g/mol. The number of thiophene rings is 2. The van der Waals surface area contributed by atoms with Crippen molar-refractivity contribution in [3.63, 3.8) is 0 Å². The molecule has 0 N–H and O–H groups in total. The second kappa shape index (κ2) is 10.8. The van der Waals surface area contributed by atoms with E-state index in [1.54, 1.807) is 0 Å². The molecule has 0 spiro atoms. The van der Waals surface area contributed by atoms with Gasteiger partial charge in [0.05, 0.1) is 11.6 Å². The van der Waals surface area contributed by atoms with Crippen molar-refractivity contribution in [2.45, 2.75) is 0 Å². The van der Waals surface area contributed by atoms with Crippen LogP contribution in [0.4, 0.5) is 0 Å². The molecule has 46 heavy (non-hydrogen) atoms. The Labute approximate surface area is 274 Å². The fraction of sp³-hybridized carbons (Fsp3) is 0. The molecule has 0 atom stereocenters. The summed E-state index contributed by atoms with van der Waals surface area (Å²) in [6.07, 6.45) is 0. The molecule has 0 bridgehead atoms. The third-order valence-corrected chi connectivity index (χ3v) is 11.3. The number of benzene rings is 7. The Kier molecular flexibility index (Phi) is 6.31. The number of hydrogen-bond acceptors (Lipinski definition) is 3. The van der Waals surface area contributed by atoms with Crippen LogP contribution in [-0.2, 0) is 0 Å². The van der Waals surface area contributed by atoms with Crippen LogP contribution in [0.25, 0.3) is 84.9 Å². The van der Waals surface area contributed by atoms with Gasteiger partial charge in [-0.15, -0.1) is 22.7 Å². The molecule has 3 heteroatoms. The lowest BCUT2D eigenvalue weighted by molar-refractivity contribution is 1.47. The molecular weight excluding hydrogens is 595 g/mol. The molecule has 214 valence electrons. The molecule has 0 fully saturated rings. The first-order chi connectivity index (χ1) is 22.8. The SMILES string of the molecule is N#Cc1ccccc1-c1ccccc1-c1cc(-c2cccc3sc4ccccc4c23)ccc1-c1cccc2c1sc1ccccc12. The second-order valence-corrected chi connectivity index (χ2v) is 13.7. The van der Waals surface area contributed by atoms with Crippen LogP contribution in [0.15, 0.2) is 152 Å². The maximum atomic E-state index is 10.1. The summed E-state index contributed by atoms with van der Waals surface area (Å²) in [6.45, 7) is 0. The van der Waals surface area contributed by atoms with Crippen molar-refractivity contribution >= 4 is 63.0 Å². The number of rotatable bonds is 4. The Morgan fingerprint density at radius 2 is 0.957 bits per heavy atom. The lowest BCUT2D eigenvalue weighted by Gasteiger charge is -2.18. The Bertz CT molecular complexity index is 2670. The lowest BCUT2D eigenvalue weighted by atomic mass is 9.86. The van der Waals surface area contributed by atoms with Gasteiger partial charge in [-0.25, -0.2) is 0 Å². The van der Waals surface area contributed by atoms with E-state index in [2.05, 4.69) is 140 Å². The van der Waals surface area contributed by atoms with Crippen molar-refractivity contribution in [3.8, 4) is 50.6 Å². The number of nitrogens with zero attached hydrogens (tertiary/aromatic N) is 1. The van der Waals surface area contributed by atoms with Gasteiger partial charge in [0, 0.05) is 51.5 Å². The third-order valence-electron chi connectivity index (χ3n) is 8.98. The summed E-state index contributed by atoms with van der Waals surface area (Å²) in [4.78, 5) is 0.